The van der Waals surface area contributed by atoms with Crippen LogP contribution < -0.4 is 0 Å². The normalized spacial score (nSPS) is 9.75. The van der Waals surface area contributed by atoms with Crippen molar-refractivity contribution in [1.82, 2.24) is 0 Å². The Morgan fingerprint density at radius 2 is 1.69 bits per heavy atom. The van der Waals surface area contributed by atoms with Crippen LogP contribution in [0.1, 0.15) is 10.4 Å². The Balaban J connectivity index is 2.06. The van der Waals surface area contributed by atoms with Gasteiger partial charge in [-0.3, -0.25) is 0 Å². The number of rotatable bonds is 4. The summed E-state index contributed by atoms with van der Waals surface area (Å²) in [6.45, 7) is 7.79. The molecule has 0 aliphatic heterocycles. The van der Waals surface area contributed by atoms with Gasteiger partial charge in [0, 0.05) is 5.56 Å². The predicted molar refractivity (Wildman–Crippen MR) is 69.9 cm³/mol. The zero-order valence-corrected chi connectivity index (χ0v) is 9.67. The van der Waals surface area contributed by atoms with Crippen molar-refractivity contribution < 1.29 is 4.74 Å². The molecule has 0 saturated carbocycles. The van der Waals surface area contributed by atoms with Crippen molar-refractivity contribution >= 4 is 22.9 Å². The molecule has 1 nitrogen and oxygen atoms in total. The molecule has 80 valence electrons. The number of hydrogen-bond acceptors (Lipinski definition) is 2. The molecule has 0 atom stereocenters. The Morgan fingerprint density at radius 1 is 0.938 bits per heavy atom. The molecule has 0 unspecified atom stereocenters. The van der Waals surface area contributed by atoms with E-state index in [-0.39, 0.29) is 0 Å². The van der Waals surface area contributed by atoms with E-state index < -0.39 is 0 Å². The minimum atomic E-state index is 0.624. The van der Waals surface area contributed by atoms with Crippen molar-refractivity contribution in [2.24, 2.45) is 0 Å². The molecule has 1 aromatic heterocycles. The Labute approximate surface area is 99.3 Å². The molecule has 0 saturated heterocycles. The highest BCUT2D eigenvalue weighted by molar-refractivity contribution is 7.11. The Bertz CT molecular complexity index is 483. The minimum Gasteiger partial charge on any atom is -0.457 e. The maximum absolute atomic E-state index is 5.60. The Morgan fingerprint density at radius 3 is 2.31 bits per heavy atom. The van der Waals surface area contributed by atoms with Gasteiger partial charge in [-0.15, -0.1) is 11.3 Å². The third kappa shape index (κ3) is 2.41. The van der Waals surface area contributed by atoms with E-state index in [9.17, 15) is 0 Å². The smallest absolute Gasteiger partial charge is 0.137 e. The zero-order valence-electron chi connectivity index (χ0n) is 8.85. The average molecular weight is 228 g/mol. The van der Waals surface area contributed by atoms with E-state index in [1.165, 1.54) is 0 Å². The first kappa shape index (κ1) is 10.7. The molecular weight excluding hydrogens is 216 g/mol. The summed E-state index contributed by atoms with van der Waals surface area (Å²) in [5.41, 5.74) is 0.972. The summed E-state index contributed by atoms with van der Waals surface area (Å²) in [6.07, 6.45) is 0. The fourth-order valence-electron chi connectivity index (χ4n) is 1.32. The summed E-state index contributed by atoms with van der Waals surface area (Å²) in [5.74, 6) is 1.27. The first-order valence-corrected chi connectivity index (χ1v) is 5.80. The van der Waals surface area contributed by atoms with E-state index in [0.717, 1.165) is 10.4 Å². The summed E-state index contributed by atoms with van der Waals surface area (Å²) in [6, 6.07) is 13.7. The van der Waals surface area contributed by atoms with E-state index in [2.05, 4.69) is 13.2 Å². The lowest BCUT2D eigenvalue weighted by atomic mass is 10.2. The molecule has 0 amide bonds. The van der Waals surface area contributed by atoms with Gasteiger partial charge < -0.3 is 4.74 Å². The summed E-state index contributed by atoms with van der Waals surface area (Å²) >= 11 is 1.60. The van der Waals surface area contributed by atoms with Crippen LogP contribution in [0.3, 0.4) is 0 Å². The van der Waals surface area contributed by atoms with Crippen molar-refractivity contribution in [3.63, 3.8) is 0 Å². The van der Waals surface area contributed by atoms with Gasteiger partial charge in [0.15, 0.2) is 0 Å². The van der Waals surface area contributed by atoms with Crippen LogP contribution >= 0.6 is 11.3 Å². The van der Waals surface area contributed by atoms with Gasteiger partial charge in [-0.05, 0) is 11.4 Å². The molecule has 1 heterocycles. The van der Waals surface area contributed by atoms with Gasteiger partial charge in [0.2, 0.25) is 0 Å². The lowest BCUT2D eigenvalue weighted by Gasteiger charge is -2.09. The Kier molecular flexibility index (Phi) is 3.22. The highest BCUT2D eigenvalue weighted by Crippen LogP contribution is 2.25. The molecule has 0 N–H and O–H groups in total. The average Bonchev–Trinajstić information content (AvgIpc) is 2.83. The maximum Gasteiger partial charge on any atom is 0.137 e. The van der Waals surface area contributed by atoms with E-state index in [0.29, 0.717) is 11.5 Å². The topological polar surface area (TPSA) is 9.23 Å². The highest BCUT2D eigenvalue weighted by Gasteiger charge is 2.04. The second kappa shape index (κ2) is 4.81. The van der Waals surface area contributed by atoms with Crippen LogP contribution in [0, 0.1) is 0 Å². The molecule has 0 fully saturated rings. The molecule has 0 spiro atoms. The second-order valence-corrected chi connectivity index (χ2v) is 4.24. The first-order chi connectivity index (χ1) is 7.77. The highest BCUT2D eigenvalue weighted by atomic mass is 32.1. The standard InChI is InChI=1S/C14H12OS/c1-11(13-7-4-3-5-8-13)15-12(2)14-9-6-10-16-14/h3-10H,1-2H2. The lowest BCUT2D eigenvalue weighted by Crippen LogP contribution is -1.88. The summed E-state index contributed by atoms with van der Waals surface area (Å²) in [5, 5.41) is 2.00. The minimum absolute atomic E-state index is 0.624. The molecule has 1 aromatic carbocycles. The zero-order chi connectivity index (χ0) is 11.4. The molecule has 2 heteroatoms. The second-order valence-electron chi connectivity index (χ2n) is 3.29. The van der Waals surface area contributed by atoms with Gasteiger partial charge in [0.25, 0.3) is 0 Å². The van der Waals surface area contributed by atoms with Crippen molar-refractivity contribution in [2.45, 2.75) is 0 Å². The predicted octanol–water partition coefficient (Wildman–Crippen LogP) is 4.41. The first-order valence-electron chi connectivity index (χ1n) is 4.92. The molecule has 2 aromatic rings. The third-order valence-electron chi connectivity index (χ3n) is 2.14. The SMILES string of the molecule is C=C(OC(=C)c1cccs1)c1ccccc1. The van der Waals surface area contributed by atoms with Gasteiger partial charge in [0.05, 0.1) is 4.88 Å². The fraction of sp³-hybridized carbons (Fsp3) is 0. The van der Waals surface area contributed by atoms with Crippen LogP contribution in [0.2, 0.25) is 0 Å². The molecule has 0 aliphatic rings. The van der Waals surface area contributed by atoms with Crippen molar-refractivity contribution in [3.05, 3.63) is 71.4 Å². The summed E-state index contributed by atoms with van der Waals surface area (Å²) in [7, 11) is 0. The van der Waals surface area contributed by atoms with Gasteiger partial charge in [-0.1, -0.05) is 49.6 Å². The molecule has 16 heavy (non-hydrogen) atoms. The van der Waals surface area contributed by atoms with E-state index >= 15 is 0 Å². The maximum atomic E-state index is 5.60. The molecular formula is C14H12OS. The van der Waals surface area contributed by atoms with Crippen LogP contribution in [0.5, 0.6) is 0 Å². The Hall–Kier alpha value is -1.80. The van der Waals surface area contributed by atoms with E-state index in [1.807, 2.05) is 47.8 Å². The van der Waals surface area contributed by atoms with E-state index in [1.54, 1.807) is 11.3 Å². The largest absolute Gasteiger partial charge is 0.457 e. The molecule has 2 rings (SSSR count). The third-order valence-corrected chi connectivity index (χ3v) is 3.05. The van der Waals surface area contributed by atoms with Gasteiger partial charge in [0.1, 0.15) is 11.5 Å². The van der Waals surface area contributed by atoms with Crippen LogP contribution in [0.25, 0.3) is 11.5 Å². The van der Waals surface area contributed by atoms with Crippen molar-refractivity contribution in [1.29, 1.82) is 0 Å². The van der Waals surface area contributed by atoms with Crippen LogP contribution in [-0.2, 0) is 4.74 Å². The number of benzene rings is 1. The fourth-order valence-corrected chi connectivity index (χ4v) is 1.95. The van der Waals surface area contributed by atoms with Crippen LogP contribution in [0.15, 0.2) is 61.0 Å². The molecule has 0 bridgehead atoms. The van der Waals surface area contributed by atoms with E-state index in [4.69, 9.17) is 4.74 Å². The summed E-state index contributed by atoms with van der Waals surface area (Å²) in [4.78, 5) is 1.03. The van der Waals surface area contributed by atoms with Crippen molar-refractivity contribution in [3.8, 4) is 0 Å². The van der Waals surface area contributed by atoms with Gasteiger partial charge >= 0.3 is 0 Å². The van der Waals surface area contributed by atoms with Crippen LogP contribution in [0.4, 0.5) is 0 Å². The number of thiophene rings is 1. The monoisotopic (exact) mass is 228 g/mol. The quantitative estimate of drug-likeness (QED) is 0.704. The van der Waals surface area contributed by atoms with Gasteiger partial charge in [-0.2, -0.15) is 0 Å². The summed E-state index contributed by atoms with van der Waals surface area (Å²) < 4.78 is 5.60. The number of hydrogen-bond donors (Lipinski definition) is 0. The lowest BCUT2D eigenvalue weighted by molar-refractivity contribution is 0.476. The number of ether oxygens (including phenoxy) is 1. The molecule has 0 aliphatic carbocycles. The molecule has 0 radical (unpaired) electrons. The van der Waals surface area contributed by atoms with Crippen LogP contribution in [-0.4, -0.2) is 0 Å². The van der Waals surface area contributed by atoms with Gasteiger partial charge in [-0.25, -0.2) is 0 Å². The van der Waals surface area contributed by atoms with Crippen molar-refractivity contribution in [2.75, 3.05) is 0 Å².